The van der Waals surface area contributed by atoms with Crippen molar-refractivity contribution in [3.63, 3.8) is 0 Å². The van der Waals surface area contributed by atoms with Gasteiger partial charge in [0.2, 0.25) is 0 Å². The molecule has 0 aliphatic rings. The zero-order valence-corrected chi connectivity index (χ0v) is 12.9. The van der Waals surface area contributed by atoms with Crippen LogP contribution in [0.4, 0.5) is 11.4 Å². The Balaban J connectivity index is 2.21. The van der Waals surface area contributed by atoms with Crippen molar-refractivity contribution in [1.29, 1.82) is 0 Å². The summed E-state index contributed by atoms with van der Waals surface area (Å²) in [5.41, 5.74) is 8.82. The molecule has 1 aromatic heterocycles. The maximum Gasteiger partial charge on any atom is 0.106 e. The highest BCUT2D eigenvalue weighted by Gasteiger charge is 2.13. The molecule has 0 amide bonds. The molecule has 0 fully saturated rings. The van der Waals surface area contributed by atoms with Gasteiger partial charge in [0.05, 0.1) is 6.04 Å². The second kappa shape index (κ2) is 5.22. The Morgan fingerprint density at radius 1 is 1.28 bits per heavy atom. The third-order valence-electron chi connectivity index (χ3n) is 2.91. The van der Waals surface area contributed by atoms with Crippen molar-refractivity contribution in [2.75, 3.05) is 11.1 Å². The number of rotatable bonds is 3. The summed E-state index contributed by atoms with van der Waals surface area (Å²) in [6.07, 6.45) is 0. The number of anilines is 2. The third kappa shape index (κ3) is 2.80. The van der Waals surface area contributed by atoms with Crippen molar-refractivity contribution in [2.24, 2.45) is 0 Å². The SMILES string of the molecule is Cc1cc(C(C)Nc2ccc(N)cc2I)c(C)o1. The summed E-state index contributed by atoms with van der Waals surface area (Å²) in [4.78, 5) is 0. The van der Waals surface area contributed by atoms with Crippen LogP contribution in [0.2, 0.25) is 0 Å². The lowest BCUT2D eigenvalue weighted by atomic mass is 10.1. The van der Waals surface area contributed by atoms with Crippen molar-refractivity contribution in [2.45, 2.75) is 26.8 Å². The number of aryl methyl sites for hydroxylation is 2. The first kappa shape index (κ1) is 13.3. The van der Waals surface area contributed by atoms with Crippen LogP contribution < -0.4 is 11.1 Å². The lowest BCUT2D eigenvalue weighted by molar-refractivity contribution is 0.500. The number of benzene rings is 1. The Labute approximate surface area is 121 Å². The standard InChI is InChI=1S/C14H17IN2O/c1-8-6-12(10(3)18-8)9(2)17-14-5-4-11(16)7-13(14)15/h4-7,9,17H,16H2,1-3H3. The molecule has 0 spiro atoms. The molecule has 0 radical (unpaired) electrons. The van der Waals surface area contributed by atoms with Gasteiger partial charge < -0.3 is 15.5 Å². The summed E-state index contributed by atoms with van der Waals surface area (Å²) in [6, 6.07) is 8.17. The van der Waals surface area contributed by atoms with Crippen LogP contribution in [-0.2, 0) is 0 Å². The Kier molecular flexibility index (Phi) is 3.85. The molecular formula is C14H17IN2O. The summed E-state index contributed by atoms with van der Waals surface area (Å²) >= 11 is 2.29. The van der Waals surface area contributed by atoms with E-state index in [0.717, 1.165) is 26.5 Å². The smallest absolute Gasteiger partial charge is 0.106 e. The van der Waals surface area contributed by atoms with Crippen molar-refractivity contribution in [1.82, 2.24) is 0 Å². The van der Waals surface area contributed by atoms with E-state index in [4.69, 9.17) is 10.2 Å². The number of furan rings is 1. The molecule has 1 unspecified atom stereocenters. The second-order valence-corrected chi connectivity index (χ2v) is 5.64. The first-order chi connectivity index (χ1) is 8.47. The molecule has 0 bridgehead atoms. The van der Waals surface area contributed by atoms with Crippen LogP contribution in [0.1, 0.15) is 30.0 Å². The van der Waals surface area contributed by atoms with Crippen LogP contribution >= 0.6 is 22.6 Å². The molecule has 2 rings (SSSR count). The average Bonchev–Trinajstić information content (AvgIpc) is 2.62. The van der Waals surface area contributed by atoms with Gasteiger partial charge in [-0.05, 0) is 67.6 Å². The van der Waals surface area contributed by atoms with Gasteiger partial charge in [0.25, 0.3) is 0 Å². The van der Waals surface area contributed by atoms with E-state index in [1.807, 2.05) is 32.0 Å². The van der Waals surface area contributed by atoms with Crippen LogP contribution in [0.25, 0.3) is 0 Å². The number of hydrogen-bond donors (Lipinski definition) is 2. The normalized spacial score (nSPS) is 12.4. The Hall–Kier alpha value is -1.17. The van der Waals surface area contributed by atoms with Gasteiger partial charge >= 0.3 is 0 Å². The molecule has 18 heavy (non-hydrogen) atoms. The molecule has 0 saturated heterocycles. The maximum atomic E-state index is 5.75. The average molecular weight is 356 g/mol. The van der Waals surface area contributed by atoms with E-state index in [0.29, 0.717) is 0 Å². The number of hydrogen-bond acceptors (Lipinski definition) is 3. The van der Waals surface area contributed by atoms with Crippen molar-refractivity contribution in [3.05, 3.63) is 44.9 Å². The topological polar surface area (TPSA) is 51.2 Å². The third-order valence-corrected chi connectivity index (χ3v) is 3.80. The largest absolute Gasteiger partial charge is 0.466 e. The fourth-order valence-corrected chi connectivity index (χ4v) is 2.73. The Bertz CT molecular complexity index is 563. The van der Waals surface area contributed by atoms with Crippen LogP contribution in [-0.4, -0.2) is 0 Å². The number of nitrogens with two attached hydrogens (primary N) is 1. The highest BCUT2D eigenvalue weighted by atomic mass is 127. The molecule has 0 aliphatic heterocycles. The Morgan fingerprint density at radius 3 is 2.56 bits per heavy atom. The lowest BCUT2D eigenvalue weighted by Gasteiger charge is -2.16. The minimum atomic E-state index is 0.208. The summed E-state index contributed by atoms with van der Waals surface area (Å²) in [7, 11) is 0. The minimum Gasteiger partial charge on any atom is -0.466 e. The highest BCUT2D eigenvalue weighted by molar-refractivity contribution is 14.1. The molecule has 3 nitrogen and oxygen atoms in total. The predicted octanol–water partition coefficient (Wildman–Crippen LogP) is 4.26. The van der Waals surface area contributed by atoms with E-state index in [1.165, 1.54) is 5.56 Å². The van der Waals surface area contributed by atoms with Gasteiger partial charge in [-0.1, -0.05) is 0 Å². The molecule has 1 heterocycles. The van der Waals surface area contributed by atoms with Gasteiger partial charge in [-0.3, -0.25) is 0 Å². The summed E-state index contributed by atoms with van der Waals surface area (Å²) in [5, 5.41) is 3.48. The van der Waals surface area contributed by atoms with E-state index in [-0.39, 0.29) is 6.04 Å². The first-order valence-electron chi connectivity index (χ1n) is 5.86. The van der Waals surface area contributed by atoms with E-state index in [1.54, 1.807) is 0 Å². The molecule has 3 N–H and O–H groups in total. The van der Waals surface area contributed by atoms with Crippen LogP contribution in [0.5, 0.6) is 0 Å². The van der Waals surface area contributed by atoms with Crippen molar-refractivity contribution >= 4 is 34.0 Å². The molecule has 1 atom stereocenters. The molecule has 1 aromatic carbocycles. The molecule has 96 valence electrons. The maximum absolute atomic E-state index is 5.75. The van der Waals surface area contributed by atoms with Crippen molar-refractivity contribution < 1.29 is 4.42 Å². The van der Waals surface area contributed by atoms with E-state index >= 15 is 0 Å². The molecule has 4 heteroatoms. The second-order valence-electron chi connectivity index (χ2n) is 4.47. The van der Waals surface area contributed by atoms with Crippen LogP contribution in [0.15, 0.2) is 28.7 Å². The Morgan fingerprint density at radius 2 is 2.00 bits per heavy atom. The van der Waals surface area contributed by atoms with Gasteiger partial charge in [0.1, 0.15) is 11.5 Å². The van der Waals surface area contributed by atoms with Crippen molar-refractivity contribution in [3.8, 4) is 0 Å². The van der Waals surface area contributed by atoms with E-state index in [2.05, 4.69) is 40.9 Å². The van der Waals surface area contributed by atoms with Gasteiger partial charge in [-0.15, -0.1) is 0 Å². The van der Waals surface area contributed by atoms with Gasteiger partial charge in [0, 0.05) is 20.5 Å². The van der Waals surface area contributed by atoms with Gasteiger partial charge in [-0.2, -0.15) is 0 Å². The summed E-state index contributed by atoms with van der Waals surface area (Å²) in [5.74, 6) is 1.92. The minimum absolute atomic E-state index is 0.208. The predicted molar refractivity (Wildman–Crippen MR) is 83.8 cm³/mol. The fraction of sp³-hybridized carbons (Fsp3) is 0.286. The number of halogens is 1. The molecule has 0 aliphatic carbocycles. The highest BCUT2D eigenvalue weighted by Crippen LogP contribution is 2.28. The zero-order chi connectivity index (χ0) is 13.3. The number of nitrogens with one attached hydrogen (secondary N) is 1. The van der Waals surface area contributed by atoms with Crippen LogP contribution in [0, 0.1) is 17.4 Å². The summed E-state index contributed by atoms with van der Waals surface area (Å²) < 4.78 is 6.68. The van der Waals surface area contributed by atoms with Gasteiger partial charge in [0.15, 0.2) is 0 Å². The van der Waals surface area contributed by atoms with Crippen LogP contribution in [0.3, 0.4) is 0 Å². The lowest BCUT2D eigenvalue weighted by Crippen LogP contribution is -2.08. The molecule has 2 aromatic rings. The monoisotopic (exact) mass is 356 g/mol. The summed E-state index contributed by atoms with van der Waals surface area (Å²) in [6.45, 7) is 6.09. The zero-order valence-electron chi connectivity index (χ0n) is 10.8. The van der Waals surface area contributed by atoms with Gasteiger partial charge in [-0.25, -0.2) is 0 Å². The van der Waals surface area contributed by atoms with E-state index in [9.17, 15) is 0 Å². The molecular weight excluding hydrogens is 339 g/mol. The quantitative estimate of drug-likeness (QED) is 0.638. The fourth-order valence-electron chi connectivity index (χ4n) is 2.04. The van der Waals surface area contributed by atoms with E-state index < -0.39 is 0 Å². The first-order valence-corrected chi connectivity index (χ1v) is 6.93. The number of nitrogen functional groups attached to an aromatic ring is 1. The molecule has 0 saturated carbocycles.